The third kappa shape index (κ3) is 5.35. The maximum Gasteiger partial charge on any atom is 0.182 e. The molecule has 262 valence electrons. The Morgan fingerprint density at radius 2 is 0.946 bits per heavy atom. The fourth-order valence-electron chi connectivity index (χ4n) is 7.93. The highest BCUT2D eigenvalue weighted by molar-refractivity contribution is 6.18. The summed E-state index contributed by atoms with van der Waals surface area (Å²) in [7, 11) is 0. The van der Waals surface area contributed by atoms with Gasteiger partial charge in [0, 0.05) is 50.4 Å². The van der Waals surface area contributed by atoms with Crippen LogP contribution in [0.1, 0.15) is 0 Å². The predicted octanol–water partition coefficient (Wildman–Crippen LogP) is 12.1. The monoisotopic (exact) mass is 716 g/mol. The molecule has 0 spiro atoms. The largest absolute Gasteiger partial charge is 0.317 e. The van der Waals surface area contributed by atoms with Gasteiger partial charge in [-0.25, -0.2) is 19.9 Å². The Bertz CT molecular complexity index is 3160. The van der Waals surface area contributed by atoms with Crippen LogP contribution in [-0.2, 0) is 0 Å². The van der Waals surface area contributed by atoms with E-state index in [2.05, 4.69) is 125 Å². The topological polar surface area (TPSA) is 61.4 Å². The summed E-state index contributed by atoms with van der Waals surface area (Å²) in [5, 5.41) is 6.16. The number of nitrogens with zero attached hydrogens (tertiary/aromatic N) is 6. The number of hydrogen-bond donors (Lipinski definition) is 0. The normalized spacial score (nSPS) is 11.6. The van der Waals surface area contributed by atoms with Crippen molar-refractivity contribution in [3.8, 4) is 56.9 Å². The number of fused-ring (bicyclic) bond motifs is 6. The first-order chi connectivity index (χ1) is 27.7. The second-order valence-electron chi connectivity index (χ2n) is 14.0. The van der Waals surface area contributed by atoms with Gasteiger partial charge in [-0.15, -0.1) is 0 Å². The van der Waals surface area contributed by atoms with Gasteiger partial charge < -0.3 is 9.13 Å². The van der Waals surface area contributed by atoms with E-state index in [1.807, 2.05) is 78.9 Å². The summed E-state index contributed by atoms with van der Waals surface area (Å²) in [6.07, 6.45) is 2.17. The molecule has 0 aliphatic rings. The van der Waals surface area contributed by atoms with Crippen LogP contribution in [0.5, 0.6) is 0 Å². The molecule has 0 aliphatic carbocycles. The molecule has 56 heavy (non-hydrogen) atoms. The van der Waals surface area contributed by atoms with Crippen molar-refractivity contribution >= 4 is 43.5 Å². The molecule has 4 aromatic heterocycles. The molecule has 6 nitrogen and oxygen atoms in total. The Kier molecular flexibility index (Phi) is 7.38. The van der Waals surface area contributed by atoms with E-state index in [-0.39, 0.29) is 0 Å². The van der Waals surface area contributed by atoms with Crippen LogP contribution in [0.25, 0.3) is 100 Å². The maximum absolute atomic E-state index is 5.09. The van der Waals surface area contributed by atoms with Gasteiger partial charge in [-0.05, 0) is 77.5 Å². The van der Waals surface area contributed by atoms with Crippen molar-refractivity contribution in [1.29, 1.82) is 0 Å². The van der Waals surface area contributed by atoms with Crippen molar-refractivity contribution in [2.24, 2.45) is 0 Å². The Morgan fingerprint density at radius 3 is 1.68 bits per heavy atom. The van der Waals surface area contributed by atoms with E-state index in [1.165, 1.54) is 43.5 Å². The molecule has 0 unspecified atom stereocenters. The minimum Gasteiger partial charge on any atom is -0.317 e. The van der Waals surface area contributed by atoms with Gasteiger partial charge in [0.25, 0.3) is 0 Å². The molecule has 0 aliphatic heterocycles. The molecule has 11 aromatic rings. The first-order valence-corrected chi connectivity index (χ1v) is 18.7. The van der Waals surface area contributed by atoms with Gasteiger partial charge in [0.15, 0.2) is 17.5 Å². The molecular formula is C50H32N6. The summed E-state index contributed by atoms with van der Waals surface area (Å²) in [5.74, 6) is 1.75. The minimum absolute atomic E-state index is 0.530. The van der Waals surface area contributed by atoms with Gasteiger partial charge in [0.05, 0.1) is 22.2 Å². The Morgan fingerprint density at radius 1 is 0.321 bits per heavy atom. The van der Waals surface area contributed by atoms with Gasteiger partial charge >= 0.3 is 0 Å². The number of para-hydroxylation sites is 2. The van der Waals surface area contributed by atoms with Crippen LogP contribution in [0.2, 0.25) is 0 Å². The lowest BCUT2D eigenvalue weighted by molar-refractivity contribution is 1.06. The second-order valence-corrected chi connectivity index (χ2v) is 14.0. The zero-order chi connectivity index (χ0) is 37.0. The second kappa shape index (κ2) is 13.0. The highest BCUT2D eigenvalue weighted by Crippen LogP contribution is 2.38. The highest BCUT2D eigenvalue weighted by atomic mass is 15.0. The smallest absolute Gasteiger partial charge is 0.182 e. The molecule has 0 bridgehead atoms. The van der Waals surface area contributed by atoms with Gasteiger partial charge in [-0.1, -0.05) is 121 Å². The highest BCUT2D eigenvalue weighted by Gasteiger charge is 2.17. The van der Waals surface area contributed by atoms with E-state index >= 15 is 0 Å². The van der Waals surface area contributed by atoms with Crippen molar-refractivity contribution in [1.82, 2.24) is 29.1 Å². The zero-order valence-corrected chi connectivity index (χ0v) is 30.2. The third-order valence-corrected chi connectivity index (χ3v) is 10.6. The SMILES string of the molecule is c1ccc(-c2nc(-c3ccccc3)nc(-c3cccc(-c4ccc(-n5c6ccccc6c6cc7c(ccc8c7ccn8-c7ccccc7)cc65)cc4)n3)n2)cc1. The molecular weight excluding hydrogens is 685 g/mol. The van der Waals surface area contributed by atoms with Crippen molar-refractivity contribution in [3.63, 3.8) is 0 Å². The molecule has 0 amide bonds. The molecule has 0 N–H and O–H groups in total. The lowest BCUT2D eigenvalue weighted by Gasteiger charge is -2.11. The summed E-state index contributed by atoms with van der Waals surface area (Å²) >= 11 is 0. The Hall–Kier alpha value is -7.70. The van der Waals surface area contributed by atoms with E-state index in [0.29, 0.717) is 23.2 Å². The van der Waals surface area contributed by atoms with E-state index < -0.39 is 0 Å². The van der Waals surface area contributed by atoms with Crippen LogP contribution in [0.3, 0.4) is 0 Å². The summed E-state index contributed by atoms with van der Waals surface area (Å²) in [5.41, 5.74) is 10.2. The van der Waals surface area contributed by atoms with Crippen LogP contribution in [0.4, 0.5) is 0 Å². The Labute approximate surface area is 322 Å². The quantitative estimate of drug-likeness (QED) is 0.172. The van der Waals surface area contributed by atoms with E-state index in [9.17, 15) is 0 Å². The summed E-state index contributed by atoms with van der Waals surface area (Å²) < 4.78 is 4.64. The number of rotatable bonds is 6. The van der Waals surface area contributed by atoms with Crippen LogP contribution >= 0.6 is 0 Å². The van der Waals surface area contributed by atoms with Gasteiger partial charge in [-0.2, -0.15) is 0 Å². The van der Waals surface area contributed by atoms with E-state index in [1.54, 1.807) is 0 Å². The van der Waals surface area contributed by atoms with Gasteiger partial charge in [0.2, 0.25) is 0 Å². The average molecular weight is 717 g/mol. The maximum atomic E-state index is 5.09. The van der Waals surface area contributed by atoms with Crippen molar-refractivity contribution in [2.45, 2.75) is 0 Å². The average Bonchev–Trinajstić information content (AvgIpc) is 3.86. The fourth-order valence-corrected chi connectivity index (χ4v) is 7.93. The molecule has 0 radical (unpaired) electrons. The van der Waals surface area contributed by atoms with E-state index in [4.69, 9.17) is 19.9 Å². The third-order valence-electron chi connectivity index (χ3n) is 10.6. The fraction of sp³-hybridized carbons (Fsp3) is 0. The summed E-state index contributed by atoms with van der Waals surface area (Å²) in [4.78, 5) is 19.7. The number of pyridine rings is 1. The number of benzene rings is 7. The molecule has 0 fully saturated rings. The van der Waals surface area contributed by atoms with Gasteiger partial charge in [-0.3, -0.25) is 0 Å². The molecule has 0 saturated heterocycles. The van der Waals surface area contributed by atoms with Crippen LogP contribution in [-0.4, -0.2) is 29.1 Å². The van der Waals surface area contributed by atoms with Crippen molar-refractivity contribution in [3.05, 3.63) is 194 Å². The van der Waals surface area contributed by atoms with Gasteiger partial charge in [0.1, 0.15) is 5.69 Å². The molecule has 7 aromatic carbocycles. The van der Waals surface area contributed by atoms with Crippen LogP contribution < -0.4 is 0 Å². The molecule has 4 heterocycles. The molecule has 0 saturated carbocycles. The minimum atomic E-state index is 0.530. The molecule has 6 heteroatoms. The first kappa shape index (κ1) is 31.8. The molecule has 0 atom stereocenters. The van der Waals surface area contributed by atoms with Crippen molar-refractivity contribution < 1.29 is 0 Å². The lowest BCUT2D eigenvalue weighted by Crippen LogP contribution is -2.01. The first-order valence-electron chi connectivity index (χ1n) is 18.7. The summed E-state index contributed by atoms with van der Waals surface area (Å²) in [6, 6.07) is 65.4. The summed E-state index contributed by atoms with van der Waals surface area (Å²) in [6.45, 7) is 0. The van der Waals surface area contributed by atoms with Crippen molar-refractivity contribution in [2.75, 3.05) is 0 Å². The number of hydrogen-bond acceptors (Lipinski definition) is 4. The lowest BCUT2D eigenvalue weighted by atomic mass is 10.0. The molecule has 11 rings (SSSR count). The standard InChI is InChI=1S/C50H32N6/c1-4-13-34(14-5-1)48-52-49(35-15-6-2-7-16-35)54-50(53-48)44-21-12-20-43(51-44)33-23-26-38(27-24-33)56-46-22-11-10-19-39(46)42-32-41-36(31-47(42)56)25-28-45-40(41)29-30-55(45)37-17-8-3-9-18-37/h1-32H. The predicted molar refractivity (Wildman–Crippen MR) is 228 cm³/mol. The van der Waals surface area contributed by atoms with Crippen LogP contribution in [0.15, 0.2) is 194 Å². The van der Waals surface area contributed by atoms with E-state index in [0.717, 1.165) is 33.8 Å². The zero-order valence-electron chi connectivity index (χ0n) is 30.2. The van der Waals surface area contributed by atoms with Crippen LogP contribution in [0, 0.1) is 0 Å². The number of aromatic nitrogens is 6. The Balaban J connectivity index is 0.992.